The Bertz CT molecular complexity index is 311. The van der Waals surface area contributed by atoms with E-state index in [-0.39, 0.29) is 5.97 Å². The molecule has 1 rings (SSSR count). The van der Waals surface area contributed by atoms with Gasteiger partial charge < -0.3 is 9.47 Å². The van der Waals surface area contributed by atoms with Crippen molar-refractivity contribution in [1.29, 1.82) is 0 Å². The van der Waals surface area contributed by atoms with Crippen molar-refractivity contribution in [1.82, 2.24) is 0 Å². The highest BCUT2D eigenvalue weighted by atomic mass is 16.7. The molecule has 0 bridgehead atoms. The zero-order chi connectivity index (χ0) is 12.1. The van der Waals surface area contributed by atoms with Gasteiger partial charge in [-0.2, -0.15) is 0 Å². The van der Waals surface area contributed by atoms with Gasteiger partial charge >= 0.3 is 5.97 Å². The second kappa shape index (κ2) is 5.85. The van der Waals surface area contributed by atoms with E-state index in [9.17, 15) is 4.79 Å². The van der Waals surface area contributed by atoms with Crippen LogP contribution in [0, 0.1) is 0 Å². The largest absolute Gasteiger partial charge is 0.430 e. The van der Waals surface area contributed by atoms with Crippen LogP contribution in [0.15, 0.2) is 23.3 Å². The number of cyclic esters (lactones) is 1. The highest BCUT2D eigenvalue weighted by molar-refractivity contribution is 5.75. The van der Waals surface area contributed by atoms with Gasteiger partial charge in [-0.3, -0.25) is 0 Å². The lowest BCUT2D eigenvalue weighted by Gasteiger charge is -2.05. The van der Waals surface area contributed by atoms with Crippen molar-refractivity contribution in [3.63, 3.8) is 0 Å². The second-order valence-electron chi connectivity index (χ2n) is 4.42. The number of carbonyl (C=O) groups excluding carboxylic acids is 1. The third-order valence-corrected chi connectivity index (χ3v) is 2.41. The molecule has 0 aromatic carbocycles. The molecule has 1 fully saturated rings. The third kappa shape index (κ3) is 4.19. The summed E-state index contributed by atoms with van der Waals surface area (Å²) in [5, 5.41) is 0. The Hall–Kier alpha value is -1.09. The second-order valence-corrected chi connectivity index (χ2v) is 4.42. The Labute approximate surface area is 97.1 Å². The Morgan fingerprint density at radius 2 is 2.06 bits per heavy atom. The summed E-state index contributed by atoms with van der Waals surface area (Å²) in [6, 6.07) is 0. The molecule has 3 nitrogen and oxygen atoms in total. The van der Waals surface area contributed by atoms with E-state index in [0.717, 1.165) is 12.8 Å². The smallest absolute Gasteiger partial charge is 0.337 e. The molecule has 0 saturated carbocycles. The first-order valence-corrected chi connectivity index (χ1v) is 5.65. The molecule has 2 unspecified atom stereocenters. The minimum absolute atomic E-state index is 0.279. The van der Waals surface area contributed by atoms with E-state index in [1.807, 2.05) is 13.0 Å². The van der Waals surface area contributed by atoms with Crippen molar-refractivity contribution < 1.29 is 14.3 Å². The average molecular weight is 224 g/mol. The zero-order valence-electron chi connectivity index (χ0n) is 10.4. The Morgan fingerprint density at radius 3 is 2.56 bits per heavy atom. The number of hydrogen-bond acceptors (Lipinski definition) is 3. The van der Waals surface area contributed by atoms with Gasteiger partial charge in [-0.05, 0) is 46.6 Å². The van der Waals surface area contributed by atoms with Gasteiger partial charge in [0.15, 0.2) is 6.10 Å². The maximum atomic E-state index is 11.1. The van der Waals surface area contributed by atoms with Crippen molar-refractivity contribution in [2.45, 2.75) is 52.9 Å². The third-order valence-electron chi connectivity index (χ3n) is 2.41. The molecule has 0 amide bonds. The number of esters is 1. The molecule has 3 heteroatoms. The summed E-state index contributed by atoms with van der Waals surface area (Å²) < 4.78 is 10.3. The lowest BCUT2D eigenvalue weighted by Crippen LogP contribution is -2.09. The molecule has 1 aliphatic rings. The summed E-state index contributed by atoms with van der Waals surface area (Å²) >= 11 is 0. The molecular formula is C13H20O3. The predicted octanol–water partition coefficient (Wildman–Crippen LogP) is 2.97. The first-order chi connectivity index (χ1) is 7.49. The van der Waals surface area contributed by atoms with E-state index in [1.165, 1.54) is 11.1 Å². The van der Waals surface area contributed by atoms with Gasteiger partial charge in [0.1, 0.15) is 0 Å². The molecule has 0 N–H and O–H groups in total. The summed E-state index contributed by atoms with van der Waals surface area (Å²) in [5.41, 5.74) is 2.51. The number of hydrogen-bond donors (Lipinski definition) is 0. The van der Waals surface area contributed by atoms with Gasteiger partial charge in [0.2, 0.25) is 6.29 Å². The van der Waals surface area contributed by atoms with Crippen LogP contribution in [0.3, 0.4) is 0 Å². The Balaban J connectivity index is 2.39. The van der Waals surface area contributed by atoms with Crippen LogP contribution in [0.2, 0.25) is 0 Å². The minimum Gasteiger partial charge on any atom is -0.430 e. The molecule has 0 radical (unpaired) electrons. The highest BCUT2D eigenvalue weighted by Gasteiger charge is 2.29. The van der Waals surface area contributed by atoms with Crippen LogP contribution in [0.1, 0.15) is 40.5 Å². The van der Waals surface area contributed by atoms with Crippen molar-refractivity contribution >= 4 is 5.97 Å². The zero-order valence-corrected chi connectivity index (χ0v) is 10.4. The molecule has 16 heavy (non-hydrogen) atoms. The van der Waals surface area contributed by atoms with E-state index in [0.29, 0.717) is 0 Å². The van der Waals surface area contributed by atoms with Crippen LogP contribution >= 0.6 is 0 Å². The van der Waals surface area contributed by atoms with Gasteiger partial charge in [0.25, 0.3) is 0 Å². The molecule has 0 aromatic rings. The fourth-order valence-corrected chi connectivity index (χ4v) is 1.47. The van der Waals surface area contributed by atoms with E-state index in [4.69, 9.17) is 9.47 Å². The molecule has 0 aromatic heterocycles. The van der Waals surface area contributed by atoms with Gasteiger partial charge in [-0.1, -0.05) is 17.2 Å². The molecule has 0 aliphatic carbocycles. The van der Waals surface area contributed by atoms with Crippen LogP contribution < -0.4 is 0 Å². The van der Waals surface area contributed by atoms with Crippen molar-refractivity contribution in [3.8, 4) is 0 Å². The molecule has 1 heterocycles. The van der Waals surface area contributed by atoms with Crippen molar-refractivity contribution in [2.75, 3.05) is 0 Å². The molecule has 90 valence electrons. The van der Waals surface area contributed by atoms with Crippen LogP contribution in [-0.4, -0.2) is 18.4 Å². The van der Waals surface area contributed by atoms with E-state index in [2.05, 4.69) is 19.9 Å². The van der Waals surface area contributed by atoms with E-state index < -0.39 is 12.4 Å². The van der Waals surface area contributed by atoms with Gasteiger partial charge in [0, 0.05) is 0 Å². The molecule has 2 atom stereocenters. The maximum absolute atomic E-state index is 11.1. The average Bonchev–Trinajstić information content (AvgIpc) is 2.44. The fraction of sp³-hybridized carbons (Fsp3) is 0.615. The molecular weight excluding hydrogens is 204 g/mol. The van der Waals surface area contributed by atoms with Crippen LogP contribution in [0.5, 0.6) is 0 Å². The van der Waals surface area contributed by atoms with Crippen LogP contribution in [0.4, 0.5) is 0 Å². The van der Waals surface area contributed by atoms with E-state index >= 15 is 0 Å². The molecule has 1 aliphatic heterocycles. The first kappa shape index (κ1) is 13.0. The van der Waals surface area contributed by atoms with Crippen molar-refractivity contribution in [2.24, 2.45) is 0 Å². The number of carbonyl (C=O) groups is 1. The predicted molar refractivity (Wildman–Crippen MR) is 62.8 cm³/mol. The normalized spacial score (nSPS) is 25.5. The maximum Gasteiger partial charge on any atom is 0.337 e. The summed E-state index contributed by atoms with van der Waals surface area (Å²) in [5.74, 6) is -0.279. The molecule has 1 saturated heterocycles. The summed E-state index contributed by atoms with van der Waals surface area (Å²) in [6.07, 6.45) is 5.13. The fourth-order valence-electron chi connectivity index (χ4n) is 1.47. The summed E-state index contributed by atoms with van der Waals surface area (Å²) in [4.78, 5) is 11.1. The number of allylic oxidation sites excluding steroid dienone is 3. The first-order valence-electron chi connectivity index (χ1n) is 5.65. The highest BCUT2D eigenvalue weighted by Crippen LogP contribution is 2.17. The minimum atomic E-state index is -0.491. The van der Waals surface area contributed by atoms with Crippen LogP contribution in [-0.2, 0) is 14.3 Å². The summed E-state index contributed by atoms with van der Waals surface area (Å²) in [6.45, 7) is 7.90. The van der Waals surface area contributed by atoms with Crippen molar-refractivity contribution in [3.05, 3.63) is 23.3 Å². The Kier molecular flexibility index (Phi) is 4.74. The van der Waals surface area contributed by atoms with Gasteiger partial charge in [-0.25, -0.2) is 4.79 Å². The quantitative estimate of drug-likeness (QED) is 0.544. The van der Waals surface area contributed by atoms with Gasteiger partial charge in [-0.15, -0.1) is 0 Å². The van der Waals surface area contributed by atoms with E-state index in [1.54, 1.807) is 6.92 Å². The number of ether oxygens (including phenoxy) is 2. The monoisotopic (exact) mass is 224 g/mol. The van der Waals surface area contributed by atoms with Crippen LogP contribution in [0.25, 0.3) is 0 Å². The standard InChI is InChI=1S/C13H20O3/c1-9(2)6-5-7-10(3)8-12-15-11(4)13(14)16-12/h6,8,11-12H,5,7H2,1-4H3/b10-8+. The molecule has 0 spiro atoms. The topological polar surface area (TPSA) is 35.5 Å². The Morgan fingerprint density at radius 1 is 1.38 bits per heavy atom. The van der Waals surface area contributed by atoms with Gasteiger partial charge in [0.05, 0.1) is 0 Å². The summed E-state index contributed by atoms with van der Waals surface area (Å²) in [7, 11) is 0. The lowest BCUT2D eigenvalue weighted by molar-refractivity contribution is -0.141. The SMILES string of the molecule is CC(C)=CCC/C(C)=C/C1OC(=O)C(C)O1. The number of rotatable bonds is 4. The lowest BCUT2D eigenvalue weighted by atomic mass is 10.1.